The number of hydrogen-bond acceptors (Lipinski definition) is 4. The Morgan fingerprint density at radius 1 is 1.17 bits per heavy atom. The van der Waals surface area contributed by atoms with Crippen LogP contribution in [0.25, 0.3) is 6.08 Å². The third-order valence-corrected chi connectivity index (χ3v) is 6.62. The Balaban J connectivity index is 2.09. The molecule has 6 nitrogen and oxygen atoms in total. The lowest BCUT2D eigenvalue weighted by Crippen LogP contribution is -2.36. The van der Waals surface area contributed by atoms with Gasteiger partial charge >= 0.3 is 0 Å². The molecule has 0 aliphatic carbocycles. The summed E-state index contributed by atoms with van der Waals surface area (Å²) in [6.45, 7) is 7.08. The molecule has 8 heteroatoms. The van der Waals surface area contributed by atoms with Crippen molar-refractivity contribution >= 4 is 22.0 Å². The molecule has 0 spiro atoms. The van der Waals surface area contributed by atoms with Gasteiger partial charge in [0.05, 0.1) is 12.8 Å². The van der Waals surface area contributed by atoms with Crippen molar-refractivity contribution in [3.8, 4) is 5.75 Å². The summed E-state index contributed by atoms with van der Waals surface area (Å²) in [6, 6.07) is 9.41. The van der Waals surface area contributed by atoms with Gasteiger partial charge in [-0.25, -0.2) is 12.8 Å². The van der Waals surface area contributed by atoms with E-state index >= 15 is 0 Å². The molecule has 1 fully saturated rings. The van der Waals surface area contributed by atoms with Crippen molar-refractivity contribution < 1.29 is 22.3 Å². The molecule has 0 atom stereocenters. The van der Waals surface area contributed by atoms with Gasteiger partial charge in [0.1, 0.15) is 23.0 Å². The Bertz CT molecular complexity index is 1160. The Morgan fingerprint density at radius 2 is 1.83 bits per heavy atom. The third-order valence-electron chi connectivity index (χ3n) is 4.81. The number of nitrogens with zero attached hydrogens (tertiary/aromatic N) is 1. The molecular formula is C22H23FN2O4S. The Kier molecular flexibility index (Phi) is 5.98. The van der Waals surface area contributed by atoms with E-state index in [4.69, 9.17) is 4.74 Å². The number of benzene rings is 2. The zero-order valence-corrected chi connectivity index (χ0v) is 17.8. The van der Waals surface area contributed by atoms with Crippen molar-refractivity contribution in [2.24, 2.45) is 0 Å². The Hall–Kier alpha value is -3.13. The van der Waals surface area contributed by atoms with Crippen LogP contribution in [0, 0.1) is 19.7 Å². The van der Waals surface area contributed by atoms with E-state index in [2.05, 4.69) is 11.9 Å². The van der Waals surface area contributed by atoms with Crippen LogP contribution in [-0.2, 0) is 14.8 Å². The van der Waals surface area contributed by atoms with E-state index < -0.39 is 33.2 Å². The highest BCUT2D eigenvalue weighted by atomic mass is 32.2. The number of ether oxygens (including phenoxy) is 1. The second-order valence-electron chi connectivity index (χ2n) is 7.08. The predicted octanol–water partition coefficient (Wildman–Crippen LogP) is 3.17. The zero-order chi connectivity index (χ0) is 22.1. The van der Waals surface area contributed by atoms with Crippen LogP contribution in [0.3, 0.4) is 0 Å². The van der Waals surface area contributed by atoms with Gasteiger partial charge in [0, 0.05) is 12.1 Å². The van der Waals surface area contributed by atoms with Gasteiger partial charge in [0.2, 0.25) is 5.91 Å². The van der Waals surface area contributed by atoms with Crippen LogP contribution in [-0.4, -0.2) is 38.8 Å². The summed E-state index contributed by atoms with van der Waals surface area (Å²) in [5.41, 5.74) is 2.85. The monoisotopic (exact) mass is 430 g/mol. The average molecular weight is 431 g/mol. The van der Waals surface area contributed by atoms with Gasteiger partial charge in [-0.3, -0.25) is 9.10 Å². The van der Waals surface area contributed by atoms with Gasteiger partial charge in [-0.1, -0.05) is 24.3 Å². The molecule has 3 rings (SSSR count). The summed E-state index contributed by atoms with van der Waals surface area (Å²) in [5.74, 6) is -0.791. The molecule has 1 amide bonds. The van der Waals surface area contributed by atoms with Crippen molar-refractivity contribution in [1.29, 1.82) is 0 Å². The number of carbonyl (C=O) groups excluding carboxylic acids is 1. The first-order chi connectivity index (χ1) is 14.1. The van der Waals surface area contributed by atoms with Gasteiger partial charge in [-0.2, -0.15) is 0 Å². The standard InChI is InChI=1S/C22H23FN2O4S/c1-14-5-7-20(29-4)17(9-14)11-18-12-24-22(26)13-25(16(18)3)30(27,28)21-8-6-15(2)10-19(21)23/h5-11H,3,12-13H2,1-2,4H3,(H,24,26)/b18-11+. The van der Waals surface area contributed by atoms with Crippen molar-refractivity contribution in [3.63, 3.8) is 0 Å². The molecule has 1 heterocycles. The van der Waals surface area contributed by atoms with Gasteiger partial charge < -0.3 is 10.1 Å². The van der Waals surface area contributed by atoms with Crippen LogP contribution >= 0.6 is 0 Å². The molecule has 0 unspecified atom stereocenters. The molecule has 1 aliphatic rings. The SMILES string of the molecule is C=C1/C(=C/c2cc(C)ccc2OC)CNC(=O)CN1S(=O)(=O)c1ccc(C)cc1F. The van der Waals surface area contributed by atoms with Gasteiger partial charge in [-0.05, 0) is 55.3 Å². The van der Waals surface area contributed by atoms with E-state index in [0.29, 0.717) is 22.4 Å². The maximum Gasteiger partial charge on any atom is 0.267 e. The first-order valence-corrected chi connectivity index (χ1v) is 10.7. The second kappa shape index (κ2) is 8.31. The fourth-order valence-electron chi connectivity index (χ4n) is 3.19. The smallest absolute Gasteiger partial charge is 0.267 e. The lowest BCUT2D eigenvalue weighted by molar-refractivity contribution is -0.120. The number of halogens is 1. The third kappa shape index (κ3) is 4.23. The first-order valence-electron chi connectivity index (χ1n) is 9.23. The molecule has 1 saturated heterocycles. The molecule has 0 saturated carbocycles. The molecule has 1 N–H and O–H groups in total. The van der Waals surface area contributed by atoms with Crippen LogP contribution in [0.5, 0.6) is 5.75 Å². The fraction of sp³-hybridized carbons (Fsp3) is 0.227. The largest absolute Gasteiger partial charge is 0.496 e. The molecule has 1 aliphatic heterocycles. The van der Waals surface area contributed by atoms with Crippen LogP contribution in [0.1, 0.15) is 16.7 Å². The highest BCUT2D eigenvalue weighted by molar-refractivity contribution is 7.89. The number of nitrogens with one attached hydrogen (secondary N) is 1. The number of aryl methyl sites for hydroxylation is 2. The highest BCUT2D eigenvalue weighted by Crippen LogP contribution is 2.30. The summed E-state index contributed by atoms with van der Waals surface area (Å²) in [5, 5.41) is 2.67. The van der Waals surface area contributed by atoms with E-state index in [1.807, 2.05) is 19.1 Å². The number of hydrogen-bond donors (Lipinski definition) is 1. The molecule has 0 radical (unpaired) electrons. The van der Waals surface area contributed by atoms with Gasteiger partial charge in [-0.15, -0.1) is 0 Å². The minimum Gasteiger partial charge on any atom is -0.496 e. The average Bonchev–Trinajstić information content (AvgIpc) is 2.81. The van der Waals surface area contributed by atoms with Crippen molar-refractivity contribution in [2.45, 2.75) is 18.7 Å². The maximum absolute atomic E-state index is 14.4. The number of amides is 1. The minimum atomic E-state index is -4.34. The summed E-state index contributed by atoms with van der Waals surface area (Å²) in [6.07, 6.45) is 1.72. The predicted molar refractivity (Wildman–Crippen MR) is 113 cm³/mol. The molecule has 158 valence electrons. The van der Waals surface area contributed by atoms with Crippen LogP contribution in [0.2, 0.25) is 0 Å². The second-order valence-corrected chi connectivity index (χ2v) is 8.91. The van der Waals surface area contributed by atoms with Crippen LogP contribution in [0.15, 0.2) is 59.1 Å². The molecule has 0 aromatic heterocycles. The van der Waals surface area contributed by atoms with E-state index in [-0.39, 0.29) is 12.2 Å². The van der Waals surface area contributed by atoms with Crippen LogP contribution in [0.4, 0.5) is 4.39 Å². The molecule has 30 heavy (non-hydrogen) atoms. The molecular weight excluding hydrogens is 407 g/mol. The Morgan fingerprint density at radius 3 is 2.50 bits per heavy atom. The summed E-state index contributed by atoms with van der Waals surface area (Å²) < 4.78 is 47.1. The topological polar surface area (TPSA) is 75.7 Å². The van der Waals surface area contributed by atoms with Gasteiger partial charge in [0.25, 0.3) is 10.0 Å². The molecule has 2 aromatic rings. The summed E-state index contributed by atoms with van der Waals surface area (Å²) in [4.78, 5) is 11.7. The maximum atomic E-state index is 14.4. The number of methoxy groups -OCH3 is 1. The molecule has 0 bridgehead atoms. The fourth-order valence-corrected chi connectivity index (χ4v) is 4.67. The highest BCUT2D eigenvalue weighted by Gasteiger charge is 2.33. The van der Waals surface area contributed by atoms with E-state index in [9.17, 15) is 17.6 Å². The normalized spacial score (nSPS) is 16.4. The van der Waals surface area contributed by atoms with Crippen molar-refractivity contribution in [2.75, 3.05) is 20.2 Å². The van der Waals surface area contributed by atoms with E-state index in [1.165, 1.54) is 19.2 Å². The van der Waals surface area contributed by atoms with Crippen LogP contribution < -0.4 is 10.1 Å². The summed E-state index contributed by atoms with van der Waals surface area (Å²) in [7, 11) is -2.80. The number of rotatable bonds is 4. The first kappa shape index (κ1) is 21.6. The number of carbonyl (C=O) groups is 1. The lowest BCUT2D eigenvalue weighted by atomic mass is 10.1. The van der Waals surface area contributed by atoms with E-state index in [1.54, 1.807) is 19.1 Å². The van der Waals surface area contributed by atoms with Gasteiger partial charge in [0.15, 0.2) is 0 Å². The van der Waals surface area contributed by atoms with Crippen molar-refractivity contribution in [1.82, 2.24) is 9.62 Å². The Labute approximate surface area is 175 Å². The minimum absolute atomic E-state index is 0.0805. The molecule has 2 aromatic carbocycles. The lowest BCUT2D eigenvalue weighted by Gasteiger charge is -2.24. The summed E-state index contributed by atoms with van der Waals surface area (Å²) >= 11 is 0. The quantitative estimate of drug-likeness (QED) is 0.809. The number of sulfonamides is 1. The van der Waals surface area contributed by atoms with E-state index in [0.717, 1.165) is 15.9 Å². The zero-order valence-electron chi connectivity index (χ0n) is 17.0. The van der Waals surface area contributed by atoms with Crippen molar-refractivity contribution in [3.05, 3.63) is 76.8 Å².